The van der Waals surface area contributed by atoms with E-state index in [1.165, 1.54) is 18.9 Å². The van der Waals surface area contributed by atoms with E-state index in [-0.39, 0.29) is 12.3 Å². The summed E-state index contributed by atoms with van der Waals surface area (Å²) < 4.78 is 10.3. The van der Waals surface area contributed by atoms with Crippen molar-refractivity contribution < 1.29 is 33.4 Å². The number of hydrogen-bond acceptors (Lipinski definition) is 7. The van der Waals surface area contributed by atoms with Crippen LogP contribution >= 0.6 is 0 Å². The SMILES string of the molecule is COC(=O)[C@H](Cc1ccccc1)NC(=O)[C@H](C)NC(=O)N[C@H](CC(C)C)NC(=O)[C@@H]1CCCN1C(=O)OC(C)(C)C. The van der Waals surface area contributed by atoms with Gasteiger partial charge in [0, 0.05) is 13.0 Å². The maximum atomic E-state index is 13.2. The van der Waals surface area contributed by atoms with Crippen LogP contribution in [0.1, 0.15) is 66.4 Å². The highest BCUT2D eigenvalue weighted by Crippen LogP contribution is 2.21. The molecule has 0 radical (unpaired) electrons. The monoisotopic (exact) mass is 575 g/mol. The van der Waals surface area contributed by atoms with E-state index < -0.39 is 59.8 Å². The fourth-order valence-electron chi connectivity index (χ4n) is 4.42. The molecule has 12 nitrogen and oxygen atoms in total. The number of rotatable bonds is 11. The summed E-state index contributed by atoms with van der Waals surface area (Å²) >= 11 is 0. The minimum absolute atomic E-state index is 0.116. The first-order valence-corrected chi connectivity index (χ1v) is 14.0. The number of urea groups is 1. The molecule has 0 saturated carbocycles. The molecule has 1 fully saturated rings. The van der Waals surface area contributed by atoms with Crippen molar-refractivity contribution in [1.29, 1.82) is 0 Å². The maximum absolute atomic E-state index is 13.2. The molecule has 1 aliphatic rings. The topological polar surface area (TPSA) is 155 Å². The Labute approximate surface area is 242 Å². The number of nitrogens with one attached hydrogen (secondary N) is 4. The molecular weight excluding hydrogens is 530 g/mol. The van der Waals surface area contributed by atoms with Gasteiger partial charge in [0.1, 0.15) is 29.9 Å². The molecule has 5 amide bonds. The largest absolute Gasteiger partial charge is 0.467 e. The average molecular weight is 576 g/mol. The van der Waals surface area contributed by atoms with Crippen molar-refractivity contribution in [3.05, 3.63) is 35.9 Å². The van der Waals surface area contributed by atoms with E-state index in [4.69, 9.17) is 9.47 Å². The van der Waals surface area contributed by atoms with E-state index in [0.29, 0.717) is 25.8 Å². The third kappa shape index (κ3) is 11.3. The van der Waals surface area contributed by atoms with E-state index >= 15 is 0 Å². The van der Waals surface area contributed by atoms with Crippen molar-refractivity contribution in [2.24, 2.45) is 5.92 Å². The number of ether oxygens (including phenoxy) is 2. The molecule has 41 heavy (non-hydrogen) atoms. The van der Waals surface area contributed by atoms with Crippen molar-refractivity contribution in [2.45, 2.75) is 97.1 Å². The number of esters is 1. The minimum atomic E-state index is -0.995. The van der Waals surface area contributed by atoms with E-state index in [2.05, 4.69) is 21.3 Å². The van der Waals surface area contributed by atoms with Crippen LogP contribution in [0.15, 0.2) is 30.3 Å². The van der Waals surface area contributed by atoms with E-state index in [1.807, 2.05) is 44.2 Å². The van der Waals surface area contributed by atoms with Gasteiger partial charge in [0.05, 0.1) is 7.11 Å². The molecule has 4 N–H and O–H groups in total. The smallest absolute Gasteiger partial charge is 0.410 e. The van der Waals surface area contributed by atoms with Crippen LogP contribution in [0.2, 0.25) is 0 Å². The van der Waals surface area contributed by atoms with Gasteiger partial charge in [0.15, 0.2) is 0 Å². The number of carbonyl (C=O) groups excluding carboxylic acids is 5. The number of nitrogens with zero attached hydrogens (tertiary/aromatic N) is 1. The second-order valence-corrected chi connectivity index (χ2v) is 11.6. The fraction of sp³-hybridized carbons (Fsp3) is 0.621. The quantitative estimate of drug-likeness (QED) is 0.233. The molecule has 2 rings (SSSR count). The number of carbonyl (C=O) groups is 5. The Bertz CT molecular complexity index is 1060. The summed E-state index contributed by atoms with van der Waals surface area (Å²) in [6, 6.07) is 5.85. The molecule has 228 valence electrons. The van der Waals surface area contributed by atoms with Crippen LogP contribution in [-0.4, -0.2) is 78.4 Å². The molecule has 1 aromatic carbocycles. The first-order chi connectivity index (χ1) is 19.2. The van der Waals surface area contributed by atoms with Gasteiger partial charge in [-0.2, -0.15) is 0 Å². The standard InChI is InChI=1S/C29H45N5O7/c1-18(2)16-23(32-25(36)22-14-11-15-34(22)28(39)41-29(4,5)6)33-27(38)30-19(3)24(35)31-21(26(37)40-7)17-20-12-9-8-10-13-20/h8-10,12-13,18-19,21-23H,11,14-17H2,1-7H3,(H,31,35)(H,32,36)(H2,30,33,38)/t19-,21-,22-,23+/m0/s1. The van der Waals surface area contributed by atoms with Crippen LogP contribution in [0.4, 0.5) is 9.59 Å². The number of benzene rings is 1. The molecular formula is C29H45N5O7. The van der Waals surface area contributed by atoms with Gasteiger partial charge in [-0.25, -0.2) is 14.4 Å². The van der Waals surface area contributed by atoms with Crippen molar-refractivity contribution in [3.8, 4) is 0 Å². The van der Waals surface area contributed by atoms with E-state index in [9.17, 15) is 24.0 Å². The summed E-state index contributed by atoms with van der Waals surface area (Å²) in [5, 5.41) is 10.7. The highest BCUT2D eigenvalue weighted by molar-refractivity contribution is 5.90. The zero-order valence-corrected chi connectivity index (χ0v) is 25.1. The Balaban J connectivity index is 1.99. The third-order valence-corrected chi connectivity index (χ3v) is 6.34. The van der Waals surface area contributed by atoms with Crippen molar-refractivity contribution in [2.75, 3.05) is 13.7 Å². The van der Waals surface area contributed by atoms with Crippen molar-refractivity contribution >= 4 is 29.9 Å². The second-order valence-electron chi connectivity index (χ2n) is 11.6. The maximum Gasteiger partial charge on any atom is 0.410 e. The van der Waals surface area contributed by atoms with Crippen molar-refractivity contribution in [1.82, 2.24) is 26.2 Å². The van der Waals surface area contributed by atoms with Gasteiger partial charge < -0.3 is 30.7 Å². The van der Waals surface area contributed by atoms with Gasteiger partial charge in [0.2, 0.25) is 11.8 Å². The van der Waals surface area contributed by atoms with Crippen molar-refractivity contribution in [3.63, 3.8) is 0 Å². The molecule has 0 aliphatic carbocycles. The van der Waals surface area contributed by atoms with Crippen LogP contribution in [0.3, 0.4) is 0 Å². The Morgan fingerprint density at radius 2 is 1.63 bits per heavy atom. The normalized spacial score (nSPS) is 17.2. The molecule has 0 unspecified atom stereocenters. The molecule has 1 saturated heterocycles. The van der Waals surface area contributed by atoms with Crippen LogP contribution < -0.4 is 21.3 Å². The Kier molecular flexibility index (Phi) is 12.4. The number of amides is 5. The molecule has 1 aliphatic heterocycles. The second kappa shape index (κ2) is 15.2. The molecule has 1 aromatic rings. The molecule has 0 bridgehead atoms. The Morgan fingerprint density at radius 1 is 0.976 bits per heavy atom. The van der Waals surface area contributed by atoms with E-state index in [1.54, 1.807) is 20.8 Å². The molecule has 0 aromatic heterocycles. The third-order valence-electron chi connectivity index (χ3n) is 6.34. The molecule has 0 spiro atoms. The lowest BCUT2D eigenvalue weighted by molar-refractivity contribution is -0.145. The van der Waals surface area contributed by atoms with E-state index in [0.717, 1.165) is 5.56 Å². The van der Waals surface area contributed by atoms with Crippen LogP contribution in [0.5, 0.6) is 0 Å². The van der Waals surface area contributed by atoms with Crippen LogP contribution in [-0.2, 0) is 30.3 Å². The van der Waals surface area contributed by atoms with Gasteiger partial charge in [-0.05, 0) is 58.4 Å². The van der Waals surface area contributed by atoms with Gasteiger partial charge in [-0.3, -0.25) is 14.5 Å². The summed E-state index contributed by atoms with van der Waals surface area (Å²) in [6.45, 7) is 11.1. The Morgan fingerprint density at radius 3 is 2.22 bits per heavy atom. The molecule has 12 heteroatoms. The zero-order valence-electron chi connectivity index (χ0n) is 25.1. The lowest BCUT2D eigenvalue weighted by Gasteiger charge is -2.30. The van der Waals surface area contributed by atoms with Gasteiger partial charge in [0.25, 0.3) is 0 Å². The predicted molar refractivity (Wildman–Crippen MR) is 153 cm³/mol. The van der Waals surface area contributed by atoms with Gasteiger partial charge in [-0.15, -0.1) is 0 Å². The lowest BCUT2D eigenvalue weighted by Crippen LogP contribution is -2.58. The summed E-state index contributed by atoms with van der Waals surface area (Å²) in [5.41, 5.74) is 0.142. The average Bonchev–Trinajstić information content (AvgIpc) is 3.37. The first-order valence-electron chi connectivity index (χ1n) is 14.0. The number of hydrogen-bond donors (Lipinski definition) is 4. The minimum Gasteiger partial charge on any atom is -0.467 e. The Hall–Kier alpha value is -3.83. The summed E-state index contributed by atoms with van der Waals surface area (Å²) in [7, 11) is 1.24. The first kappa shape index (κ1) is 33.4. The number of methoxy groups -OCH3 is 1. The lowest BCUT2D eigenvalue weighted by atomic mass is 10.1. The summed E-state index contributed by atoms with van der Waals surface area (Å²) in [4.78, 5) is 65.1. The molecule has 4 atom stereocenters. The fourth-order valence-corrected chi connectivity index (χ4v) is 4.42. The summed E-state index contributed by atoms with van der Waals surface area (Å²) in [6.07, 6.45) is 0.470. The van der Waals surface area contributed by atoms with Gasteiger partial charge in [-0.1, -0.05) is 44.2 Å². The highest BCUT2D eigenvalue weighted by Gasteiger charge is 2.37. The van der Waals surface area contributed by atoms with Gasteiger partial charge >= 0.3 is 18.1 Å². The van der Waals surface area contributed by atoms with Crippen LogP contribution in [0.25, 0.3) is 0 Å². The zero-order chi connectivity index (χ0) is 30.7. The van der Waals surface area contributed by atoms with Crippen LogP contribution in [0, 0.1) is 5.92 Å². The summed E-state index contributed by atoms with van der Waals surface area (Å²) in [5.74, 6) is -1.46. The molecule has 1 heterocycles. The predicted octanol–water partition coefficient (Wildman–Crippen LogP) is 2.46. The number of likely N-dealkylation sites (tertiary alicyclic amines) is 1. The highest BCUT2D eigenvalue weighted by atomic mass is 16.6.